The van der Waals surface area contributed by atoms with E-state index in [-0.39, 0.29) is 12.1 Å². The van der Waals surface area contributed by atoms with Gasteiger partial charge in [-0.05, 0) is 25.2 Å². The second-order valence-corrected chi connectivity index (χ2v) is 6.25. The SMILES string of the molecule is CSCC(NC(=O)NCCCn1ccnc1C)c1ccccc1. The van der Waals surface area contributed by atoms with Crippen molar-refractivity contribution in [3.05, 3.63) is 54.1 Å². The molecule has 0 fully saturated rings. The largest absolute Gasteiger partial charge is 0.338 e. The molecule has 6 heteroatoms. The van der Waals surface area contributed by atoms with Crippen LogP contribution in [-0.4, -0.2) is 34.1 Å². The predicted molar refractivity (Wildman–Crippen MR) is 95.7 cm³/mol. The molecule has 0 aliphatic rings. The topological polar surface area (TPSA) is 59.0 Å². The summed E-state index contributed by atoms with van der Waals surface area (Å²) >= 11 is 1.72. The number of rotatable bonds is 8. The van der Waals surface area contributed by atoms with Crippen LogP contribution in [0.5, 0.6) is 0 Å². The summed E-state index contributed by atoms with van der Waals surface area (Å²) < 4.78 is 2.08. The molecule has 2 rings (SSSR count). The molecule has 23 heavy (non-hydrogen) atoms. The van der Waals surface area contributed by atoms with Gasteiger partial charge in [-0.25, -0.2) is 9.78 Å². The second-order valence-electron chi connectivity index (χ2n) is 5.34. The van der Waals surface area contributed by atoms with Gasteiger partial charge in [-0.15, -0.1) is 0 Å². The first-order chi connectivity index (χ1) is 11.2. The van der Waals surface area contributed by atoms with Gasteiger partial charge in [0.1, 0.15) is 5.82 Å². The Hall–Kier alpha value is -1.95. The summed E-state index contributed by atoms with van der Waals surface area (Å²) in [6.45, 7) is 3.48. The van der Waals surface area contributed by atoms with Crippen molar-refractivity contribution in [2.24, 2.45) is 0 Å². The van der Waals surface area contributed by atoms with Gasteiger partial charge < -0.3 is 15.2 Å². The van der Waals surface area contributed by atoms with Crippen LogP contribution in [0.15, 0.2) is 42.7 Å². The molecule has 1 aromatic heterocycles. The van der Waals surface area contributed by atoms with Crippen molar-refractivity contribution >= 4 is 17.8 Å². The van der Waals surface area contributed by atoms with E-state index in [4.69, 9.17) is 0 Å². The summed E-state index contributed by atoms with van der Waals surface area (Å²) in [5, 5.41) is 5.98. The molecule has 2 N–H and O–H groups in total. The van der Waals surface area contributed by atoms with E-state index in [0.29, 0.717) is 6.54 Å². The molecule has 0 bridgehead atoms. The zero-order chi connectivity index (χ0) is 16.5. The molecule has 0 aliphatic heterocycles. The molecule has 0 radical (unpaired) electrons. The Morgan fingerprint density at radius 2 is 2.13 bits per heavy atom. The molecule has 1 aromatic carbocycles. The van der Waals surface area contributed by atoms with Gasteiger partial charge in [0.05, 0.1) is 6.04 Å². The third-order valence-electron chi connectivity index (χ3n) is 3.63. The highest BCUT2D eigenvalue weighted by atomic mass is 32.2. The zero-order valence-electron chi connectivity index (χ0n) is 13.7. The number of urea groups is 1. The summed E-state index contributed by atoms with van der Waals surface area (Å²) in [6, 6.07) is 9.98. The lowest BCUT2D eigenvalue weighted by Gasteiger charge is -2.18. The molecule has 1 heterocycles. The molecule has 0 saturated heterocycles. The summed E-state index contributed by atoms with van der Waals surface area (Å²) in [6.07, 6.45) is 6.67. The van der Waals surface area contributed by atoms with Crippen LogP contribution in [0, 0.1) is 6.92 Å². The summed E-state index contributed by atoms with van der Waals surface area (Å²) in [7, 11) is 0. The Bertz CT molecular complexity index is 600. The van der Waals surface area contributed by atoms with E-state index >= 15 is 0 Å². The van der Waals surface area contributed by atoms with Crippen LogP contribution in [0.2, 0.25) is 0 Å². The van der Waals surface area contributed by atoms with Gasteiger partial charge in [-0.3, -0.25) is 0 Å². The van der Waals surface area contributed by atoms with E-state index in [1.807, 2.05) is 49.7 Å². The molecule has 0 saturated carbocycles. The molecule has 2 amide bonds. The first-order valence-corrected chi connectivity index (χ1v) is 9.16. The lowest BCUT2D eigenvalue weighted by atomic mass is 10.1. The monoisotopic (exact) mass is 332 g/mol. The minimum Gasteiger partial charge on any atom is -0.338 e. The number of hydrogen-bond acceptors (Lipinski definition) is 3. The summed E-state index contributed by atoms with van der Waals surface area (Å²) in [5.41, 5.74) is 1.13. The van der Waals surface area contributed by atoms with Crippen LogP contribution in [0.3, 0.4) is 0 Å². The Labute approximate surface area is 141 Å². The first kappa shape index (κ1) is 17.4. The van der Waals surface area contributed by atoms with E-state index in [2.05, 4.69) is 20.2 Å². The number of aryl methyl sites for hydroxylation is 2. The minimum atomic E-state index is -0.116. The summed E-state index contributed by atoms with van der Waals surface area (Å²) in [5.74, 6) is 1.85. The molecule has 2 aromatic rings. The number of nitrogens with zero attached hydrogens (tertiary/aromatic N) is 2. The smallest absolute Gasteiger partial charge is 0.315 e. The van der Waals surface area contributed by atoms with Crippen LogP contribution < -0.4 is 10.6 Å². The van der Waals surface area contributed by atoms with Gasteiger partial charge >= 0.3 is 6.03 Å². The van der Waals surface area contributed by atoms with Crippen molar-refractivity contribution in [1.82, 2.24) is 20.2 Å². The lowest BCUT2D eigenvalue weighted by molar-refractivity contribution is 0.238. The highest BCUT2D eigenvalue weighted by Crippen LogP contribution is 2.16. The minimum absolute atomic E-state index is 0.0297. The maximum atomic E-state index is 12.1. The standard InChI is InChI=1S/C17H24N4OS/c1-14-18-10-12-21(14)11-6-9-19-17(22)20-16(13-23-2)15-7-4-3-5-8-15/h3-5,7-8,10,12,16H,6,9,11,13H2,1-2H3,(H2,19,20,22). The molecule has 124 valence electrons. The van der Waals surface area contributed by atoms with Crippen molar-refractivity contribution in [2.75, 3.05) is 18.6 Å². The van der Waals surface area contributed by atoms with Gasteiger partial charge in [-0.2, -0.15) is 11.8 Å². The fraction of sp³-hybridized carbons (Fsp3) is 0.412. The van der Waals surface area contributed by atoms with Crippen molar-refractivity contribution in [1.29, 1.82) is 0 Å². The van der Waals surface area contributed by atoms with Crippen molar-refractivity contribution in [3.63, 3.8) is 0 Å². The van der Waals surface area contributed by atoms with Crippen LogP contribution >= 0.6 is 11.8 Å². The second kappa shape index (κ2) is 9.25. The van der Waals surface area contributed by atoms with E-state index in [9.17, 15) is 4.79 Å². The van der Waals surface area contributed by atoms with Gasteiger partial charge in [0.2, 0.25) is 0 Å². The third-order valence-corrected chi connectivity index (χ3v) is 4.29. The van der Waals surface area contributed by atoms with Crippen LogP contribution in [0.4, 0.5) is 4.79 Å². The van der Waals surface area contributed by atoms with Crippen molar-refractivity contribution in [2.45, 2.75) is 25.9 Å². The number of hydrogen-bond donors (Lipinski definition) is 2. The number of imidazole rings is 1. The number of carbonyl (C=O) groups excluding carboxylic acids is 1. The average Bonchev–Trinajstić information content (AvgIpc) is 2.97. The lowest BCUT2D eigenvalue weighted by Crippen LogP contribution is -2.39. The van der Waals surface area contributed by atoms with Crippen LogP contribution in [0.25, 0.3) is 0 Å². The number of carbonyl (C=O) groups is 1. The third kappa shape index (κ3) is 5.63. The zero-order valence-corrected chi connectivity index (χ0v) is 14.5. The van der Waals surface area contributed by atoms with Crippen LogP contribution in [0.1, 0.15) is 23.9 Å². The number of thioether (sulfide) groups is 1. The maximum absolute atomic E-state index is 12.1. The molecule has 0 aliphatic carbocycles. The Morgan fingerprint density at radius 1 is 1.35 bits per heavy atom. The van der Waals surface area contributed by atoms with Gasteiger partial charge in [0, 0.05) is 31.2 Å². The molecule has 5 nitrogen and oxygen atoms in total. The molecule has 1 unspecified atom stereocenters. The Kier molecular flexibility index (Phi) is 7.00. The average molecular weight is 332 g/mol. The Morgan fingerprint density at radius 3 is 2.78 bits per heavy atom. The fourth-order valence-electron chi connectivity index (χ4n) is 2.37. The molecular formula is C17H24N4OS. The van der Waals surface area contributed by atoms with Gasteiger partial charge in [0.15, 0.2) is 0 Å². The normalized spacial score (nSPS) is 11.9. The quantitative estimate of drug-likeness (QED) is 0.731. The first-order valence-electron chi connectivity index (χ1n) is 7.76. The highest BCUT2D eigenvalue weighted by molar-refractivity contribution is 7.98. The van der Waals surface area contributed by atoms with Gasteiger partial charge in [-0.1, -0.05) is 30.3 Å². The maximum Gasteiger partial charge on any atom is 0.315 e. The van der Waals surface area contributed by atoms with E-state index in [1.54, 1.807) is 18.0 Å². The Balaban J connectivity index is 1.75. The number of benzene rings is 1. The number of nitrogens with one attached hydrogen (secondary N) is 2. The molecule has 1 atom stereocenters. The number of aromatic nitrogens is 2. The van der Waals surface area contributed by atoms with E-state index in [1.165, 1.54) is 0 Å². The van der Waals surface area contributed by atoms with Crippen LogP contribution in [-0.2, 0) is 6.54 Å². The van der Waals surface area contributed by atoms with E-state index in [0.717, 1.165) is 30.1 Å². The fourth-order valence-corrected chi connectivity index (χ4v) is 2.98. The van der Waals surface area contributed by atoms with Crippen molar-refractivity contribution < 1.29 is 4.79 Å². The highest BCUT2D eigenvalue weighted by Gasteiger charge is 2.13. The summed E-state index contributed by atoms with van der Waals surface area (Å²) in [4.78, 5) is 16.3. The molecule has 0 spiro atoms. The number of amides is 2. The van der Waals surface area contributed by atoms with E-state index < -0.39 is 0 Å². The molecular weight excluding hydrogens is 308 g/mol. The van der Waals surface area contributed by atoms with Gasteiger partial charge in [0.25, 0.3) is 0 Å². The predicted octanol–water partition coefficient (Wildman–Crippen LogP) is 2.99. The van der Waals surface area contributed by atoms with Crippen molar-refractivity contribution in [3.8, 4) is 0 Å².